The van der Waals surface area contributed by atoms with E-state index in [1.54, 1.807) is 13.8 Å². The van der Waals surface area contributed by atoms with Crippen molar-refractivity contribution in [2.45, 2.75) is 31.4 Å². The van der Waals surface area contributed by atoms with Gasteiger partial charge in [0.05, 0.1) is 10.7 Å². The van der Waals surface area contributed by atoms with E-state index in [0.29, 0.717) is 19.4 Å². The van der Waals surface area contributed by atoms with Crippen molar-refractivity contribution in [1.82, 2.24) is 4.31 Å². The van der Waals surface area contributed by atoms with E-state index >= 15 is 0 Å². The molecular weight excluding hydrogens is 230 g/mol. The minimum Gasteiger partial charge on any atom is -0.481 e. The Bertz CT molecular complexity index is 413. The lowest BCUT2D eigenvalue weighted by Crippen LogP contribution is -2.37. The lowest BCUT2D eigenvalue weighted by Gasteiger charge is -2.20. The zero-order chi connectivity index (χ0) is 12.1. The third-order valence-electron chi connectivity index (χ3n) is 3.81. The number of nitrogens with zero attached hydrogens (tertiary/aromatic N) is 1. The van der Waals surface area contributed by atoms with Gasteiger partial charge in [-0.1, -0.05) is 6.92 Å². The van der Waals surface area contributed by atoms with E-state index in [-0.39, 0.29) is 12.5 Å². The van der Waals surface area contributed by atoms with Crippen molar-refractivity contribution in [3.05, 3.63) is 0 Å². The number of rotatable bonds is 3. The van der Waals surface area contributed by atoms with Crippen molar-refractivity contribution >= 4 is 16.0 Å². The first-order chi connectivity index (χ1) is 7.28. The maximum Gasteiger partial charge on any atom is 0.308 e. The van der Waals surface area contributed by atoms with Gasteiger partial charge >= 0.3 is 5.97 Å². The molecule has 1 aliphatic carbocycles. The van der Waals surface area contributed by atoms with Crippen LogP contribution in [0.5, 0.6) is 0 Å². The summed E-state index contributed by atoms with van der Waals surface area (Å²) in [5, 5.41) is 8.96. The molecule has 1 heterocycles. The average molecular weight is 247 g/mol. The topological polar surface area (TPSA) is 74.7 Å². The zero-order valence-corrected chi connectivity index (χ0v) is 10.3. The highest BCUT2D eigenvalue weighted by Crippen LogP contribution is 2.46. The van der Waals surface area contributed by atoms with Crippen LogP contribution >= 0.6 is 0 Å². The molecule has 0 spiro atoms. The molecule has 2 rings (SSSR count). The van der Waals surface area contributed by atoms with Crippen LogP contribution in [0, 0.1) is 11.8 Å². The van der Waals surface area contributed by atoms with E-state index in [1.165, 1.54) is 4.31 Å². The fourth-order valence-electron chi connectivity index (χ4n) is 2.19. The quantitative estimate of drug-likeness (QED) is 0.789. The second-order valence-electron chi connectivity index (χ2n) is 5.19. The van der Waals surface area contributed by atoms with Gasteiger partial charge in [-0.3, -0.25) is 4.79 Å². The van der Waals surface area contributed by atoms with E-state index in [2.05, 4.69) is 0 Å². The smallest absolute Gasteiger partial charge is 0.308 e. The molecule has 2 aliphatic rings. The van der Waals surface area contributed by atoms with Crippen LogP contribution in [-0.2, 0) is 14.8 Å². The molecule has 0 aromatic rings. The number of carbonyl (C=O) groups is 1. The van der Waals surface area contributed by atoms with Crippen molar-refractivity contribution in [1.29, 1.82) is 0 Å². The molecule has 2 fully saturated rings. The molecule has 2 atom stereocenters. The van der Waals surface area contributed by atoms with Crippen LogP contribution in [0.4, 0.5) is 0 Å². The minimum atomic E-state index is -3.29. The standard InChI is InChI=1S/C10H17NO4S/c1-7-5-11(6-8(7)9(12)13)16(14,15)10(2)3-4-10/h7-8H,3-6H2,1-2H3,(H,12,13)/t7-,8-/m1/s1. The van der Waals surface area contributed by atoms with E-state index in [4.69, 9.17) is 5.11 Å². The predicted octanol–water partition coefficient (Wildman–Crippen LogP) is 0.521. The van der Waals surface area contributed by atoms with Crippen LogP contribution in [0.3, 0.4) is 0 Å². The maximum absolute atomic E-state index is 12.2. The van der Waals surface area contributed by atoms with Crippen LogP contribution in [0.2, 0.25) is 0 Å². The first-order valence-electron chi connectivity index (χ1n) is 5.50. The summed E-state index contributed by atoms with van der Waals surface area (Å²) in [5.41, 5.74) is 0. The summed E-state index contributed by atoms with van der Waals surface area (Å²) in [4.78, 5) is 10.9. The molecule has 0 aromatic carbocycles. The fraction of sp³-hybridized carbons (Fsp3) is 0.900. The molecule has 1 saturated heterocycles. The van der Waals surface area contributed by atoms with Gasteiger partial charge in [-0.25, -0.2) is 12.7 Å². The predicted molar refractivity (Wildman–Crippen MR) is 58.4 cm³/mol. The second kappa shape index (κ2) is 3.43. The molecule has 0 aromatic heterocycles. The highest BCUT2D eigenvalue weighted by Gasteiger charge is 2.55. The van der Waals surface area contributed by atoms with E-state index in [0.717, 1.165) is 0 Å². The second-order valence-corrected chi connectivity index (χ2v) is 7.65. The van der Waals surface area contributed by atoms with Crippen LogP contribution in [0.25, 0.3) is 0 Å². The fourth-order valence-corrected chi connectivity index (χ4v) is 4.22. The Morgan fingerprint density at radius 1 is 1.38 bits per heavy atom. The van der Waals surface area contributed by atoms with Gasteiger partial charge in [-0.05, 0) is 25.7 Å². The normalized spacial score (nSPS) is 33.9. The number of carboxylic acid groups (broad SMARTS) is 1. The van der Waals surface area contributed by atoms with Gasteiger partial charge in [0, 0.05) is 13.1 Å². The van der Waals surface area contributed by atoms with Gasteiger partial charge in [-0.2, -0.15) is 0 Å². The molecule has 5 nitrogen and oxygen atoms in total. The highest BCUT2D eigenvalue weighted by atomic mass is 32.2. The Morgan fingerprint density at radius 3 is 2.31 bits per heavy atom. The number of carboxylic acids is 1. The Balaban J connectivity index is 2.17. The first-order valence-corrected chi connectivity index (χ1v) is 6.94. The monoisotopic (exact) mass is 247 g/mol. The number of hydrogen-bond donors (Lipinski definition) is 1. The molecule has 1 aliphatic heterocycles. The Hall–Kier alpha value is -0.620. The molecule has 6 heteroatoms. The summed E-state index contributed by atoms with van der Waals surface area (Å²) in [6, 6.07) is 0. The van der Waals surface area contributed by atoms with E-state index in [9.17, 15) is 13.2 Å². The van der Waals surface area contributed by atoms with Gasteiger partial charge in [0.25, 0.3) is 0 Å². The lowest BCUT2D eigenvalue weighted by molar-refractivity contribution is -0.142. The van der Waals surface area contributed by atoms with Crippen molar-refractivity contribution < 1.29 is 18.3 Å². The van der Waals surface area contributed by atoms with Crippen molar-refractivity contribution in [3.8, 4) is 0 Å². The Labute approximate surface area is 95.5 Å². The number of aliphatic carboxylic acids is 1. The highest BCUT2D eigenvalue weighted by molar-refractivity contribution is 7.90. The molecular formula is C10H17NO4S. The molecule has 0 amide bonds. The first kappa shape index (κ1) is 11.9. The van der Waals surface area contributed by atoms with Gasteiger partial charge < -0.3 is 5.11 Å². The summed E-state index contributed by atoms with van der Waals surface area (Å²) in [5.74, 6) is -1.56. The summed E-state index contributed by atoms with van der Waals surface area (Å²) in [6.45, 7) is 4.01. The number of sulfonamides is 1. The van der Waals surface area contributed by atoms with Gasteiger partial charge in [0.1, 0.15) is 0 Å². The molecule has 1 N–H and O–H groups in total. The largest absolute Gasteiger partial charge is 0.481 e. The average Bonchev–Trinajstić information content (AvgIpc) is 2.78. The Morgan fingerprint density at radius 2 is 1.94 bits per heavy atom. The van der Waals surface area contributed by atoms with Gasteiger partial charge in [-0.15, -0.1) is 0 Å². The zero-order valence-electron chi connectivity index (χ0n) is 9.51. The van der Waals surface area contributed by atoms with Gasteiger partial charge in [0.2, 0.25) is 10.0 Å². The maximum atomic E-state index is 12.2. The van der Waals surface area contributed by atoms with Crippen LogP contribution in [0.15, 0.2) is 0 Å². The van der Waals surface area contributed by atoms with Gasteiger partial charge in [0.15, 0.2) is 0 Å². The van der Waals surface area contributed by atoms with Crippen molar-refractivity contribution in [2.75, 3.05) is 13.1 Å². The molecule has 16 heavy (non-hydrogen) atoms. The van der Waals surface area contributed by atoms with Crippen LogP contribution in [-0.4, -0.2) is 41.6 Å². The summed E-state index contributed by atoms with van der Waals surface area (Å²) in [7, 11) is -3.29. The third-order valence-corrected chi connectivity index (χ3v) is 6.44. The van der Waals surface area contributed by atoms with Crippen LogP contribution < -0.4 is 0 Å². The molecule has 0 radical (unpaired) electrons. The summed E-state index contributed by atoms with van der Waals surface area (Å²) >= 11 is 0. The van der Waals surface area contributed by atoms with E-state index in [1.807, 2.05) is 0 Å². The molecule has 0 unspecified atom stereocenters. The summed E-state index contributed by atoms with van der Waals surface area (Å²) in [6.07, 6.45) is 1.38. The summed E-state index contributed by atoms with van der Waals surface area (Å²) < 4.78 is 25.1. The van der Waals surface area contributed by atoms with Crippen molar-refractivity contribution in [2.24, 2.45) is 11.8 Å². The van der Waals surface area contributed by atoms with E-state index < -0.39 is 26.7 Å². The SMILES string of the molecule is C[C@@H]1CN(S(=O)(=O)C2(C)CC2)C[C@H]1C(=O)O. The third kappa shape index (κ3) is 1.64. The van der Waals surface area contributed by atoms with Crippen LogP contribution in [0.1, 0.15) is 26.7 Å². The van der Waals surface area contributed by atoms with Crippen molar-refractivity contribution in [3.63, 3.8) is 0 Å². The Kier molecular flexibility index (Phi) is 2.54. The lowest BCUT2D eigenvalue weighted by atomic mass is 9.99. The molecule has 0 bridgehead atoms. The number of hydrogen-bond acceptors (Lipinski definition) is 3. The minimum absolute atomic E-state index is 0.102. The molecule has 1 saturated carbocycles. The molecule has 92 valence electrons.